The molecule has 1 aromatic rings. The third kappa shape index (κ3) is 5.06. The van der Waals surface area contributed by atoms with E-state index in [0.717, 1.165) is 6.07 Å². The van der Waals surface area contributed by atoms with Crippen molar-refractivity contribution in [2.24, 2.45) is 5.73 Å². The first-order chi connectivity index (χ1) is 8.20. The van der Waals surface area contributed by atoms with Gasteiger partial charge in [0.2, 0.25) is 0 Å². The van der Waals surface area contributed by atoms with Crippen molar-refractivity contribution in [3.63, 3.8) is 0 Å². The van der Waals surface area contributed by atoms with Crippen LogP contribution in [-0.4, -0.2) is 12.1 Å². The Morgan fingerprint density at radius 2 is 1.78 bits per heavy atom. The Labute approximate surface area is 105 Å². The summed E-state index contributed by atoms with van der Waals surface area (Å²) in [5, 5.41) is 2.99. The molecule has 0 fully saturated rings. The summed E-state index contributed by atoms with van der Waals surface area (Å²) in [6, 6.07) is 5.60. The highest BCUT2D eigenvalue weighted by atomic mass is 19.4. The van der Waals surface area contributed by atoms with Gasteiger partial charge in [-0.15, -0.1) is 0 Å². The largest absolute Gasteiger partial charge is 0.416 e. The van der Waals surface area contributed by atoms with Gasteiger partial charge in [-0.3, -0.25) is 0 Å². The van der Waals surface area contributed by atoms with Crippen molar-refractivity contribution in [1.82, 2.24) is 5.32 Å². The number of hydrogen-bond donors (Lipinski definition) is 2. The van der Waals surface area contributed by atoms with Gasteiger partial charge in [0, 0.05) is 12.1 Å². The van der Waals surface area contributed by atoms with Crippen LogP contribution in [0.2, 0.25) is 0 Å². The van der Waals surface area contributed by atoms with Gasteiger partial charge in [0.15, 0.2) is 0 Å². The van der Waals surface area contributed by atoms with Crippen molar-refractivity contribution < 1.29 is 13.2 Å². The molecule has 2 nitrogen and oxygen atoms in total. The number of rotatable bonds is 5. The first kappa shape index (κ1) is 15.0. The molecule has 0 heterocycles. The zero-order chi connectivity index (χ0) is 13.8. The van der Waals surface area contributed by atoms with Crippen molar-refractivity contribution >= 4 is 0 Å². The quantitative estimate of drug-likeness (QED) is 0.799. The Bertz CT molecular complexity index is 381. The first-order valence-corrected chi connectivity index (χ1v) is 5.85. The van der Waals surface area contributed by atoms with Crippen molar-refractivity contribution in [2.45, 2.75) is 38.5 Å². The second-order valence-corrected chi connectivity index (χ2v) is 5.07. The third-order valence-corrected chi connectivity index (χ3v) is 2.58. The van der Waals surface area contributed by atoms with Crippen molar-refractivity contribution in [3.8, 4) is 0 Å². The summed E-state index contributed by atoms with van der Waals surface area (Å²) in [6.07, 6.45) is -3.59. The molecule has 0 atom stereocenters. The molecule has 0 radical (unpaired) electrons. The van der Waals surface area contributed by atoms with Crippen LogP contribution < -0.4 is 11.1 Å². The topological polar surface area (TPSA) is 38.0 Å². The second kappa shape index (κ2) is 5.71. The summed E-state index contributed by atoms with van der Waals surface area (Å²) in [4.78, 5) is 0. The number of hydrogen-bond acceptors (Lipinski definition) is 2. The summed E-state index contributed by atoms with van der Waals surface area (Å²) in [7, 11) is 0. The first-order valence-electron chi connectivity index (χ1n) is 5.85. The summed E-state index contributed by atoms with van der Waals surface area (Å²) < 4.78 is 38.1. The van der Waals surface area contributed by atoms with E-state index in [1.807, 2.05) is 13.8 Å². The summed E-state index contributed by atoms with van der Waals surface area (Å²) >= 11 is 0. The Morgan fingerprint density at radius 1 is 1.17 bits per heavy atom. The van der Waals surface area contributed by atoms with E-state index in [2.05, 4.69) is 5.32 Å². The molecular weight excluding hydrogens is 241 g/mol. The van der Waals surface area contributed by atoms with Crippen LogP contribution >= 0.6 is 0 Å². The maximum atomic E-state index is 12.7. The number of benzene rings is 1. The van der Waals surface area contributed by atoms with Crippen LogP contribution in [0.3, 0.4) is 0 Å². The van der Waals surface area contributed by atoms with E-state index in [4.69, 9.17) is 5.73 Å². The van der Waals surface area contributed by atoms with Gasteiger partial charge in [0.05, 0.1) is 5.56 Å². The number of halogens is 3. The lowest BCUT2D eigenvalue weighted by Gasteiger charge is -2.19. The molecule has 1 rings (SSSR count). The van der Waals surface area contributed by atoms with Crippen LogP contribution in [0.1, 0.15) is 31.4 Å². The smallest absolute Gasteiger partial charge is 0.326 e. The highest BCUT2D eigenvalue weighted by molar-refractivity contribution is 5.29. The van der Waals surface area contributed by atoms with Crippen LogP contribution in [0, 0.1) is 0 Å². The SMILES string of the molecule is CC(C)(N)CCNCc1ccccc1C(F)(F)F. The lowest BCUT2D eigenvalue weighted by molar-refractivity contribution is -0.138. The second-order valence-electron chi connectivity index (χ2n) is 5.07. The predicted molar refractivity (Wildman–Crippen MR) is 66.0 cm³/mol. The standard InChI is InChI=1S/C13H19F3N2/c1-12(2,17)7-8-18-9-10-5-3-4-6-11(10)13(14,15)16/h3-6,18H,7-9,17H2,1-2H3. The van der Waals surface area contributed by atoms with E-state index < -0.39 is 11.7 Å². The molecule has 102 valence electrons. The maximum absolute atomic E-state index is 12.7. The van der Waals surface area contributed by atoms with E-state index in [9.17, 15) is 13.2 Å². The minimum Gasteiger partial charge on any atom is -0.326 e. The minimum absolute atomic E-state index is 0.200. The Kier molecular flexibility index (Phi) is 4.76. The van der Waals surface area contributed by atoms with Gasteiger partial charge in [-0.2, -0.15) is 13.2 Å². The lowest BCUT2D eigenvalue weighted by Crippen LogP contribution is -2.35. The summed E-state index contributed by atoms with van der Waals surface area (Å²) in [5.74, 6) is 0. The van der Waals surface area contributed by atoms with E-state index in [0.29, 0.717) is 13.0 Å². The normalized spacial score (nSPS) is 12.8. The van der Waals surface area contributed by atoms with Crippen molar-refractivity contribution in [1.29, 1.82) is 0 Å². The molecule has 0 saturated carbocycles. The number of alkyl halides is 3. The Balaban J connectivity index is 2.58. The minimum atomic E-state index is -4.30. The van der Waals surface area contributed by atoms with Crippen molar-refractivity contribution in [3.05, 3.63) is 35.4 Å². The van der Waals surface area contributed by atoms with E-state index in [1.165, 1.54) is 12.1 Å². The van der Waals surface area contributed by atoms with Crippen molar-refractivity contribution in [2.75, 3.05) is 6.54 Å². The lowest BCUT2D eigenvalue weighted by atomic mass is 10.0. The Morgan fingerprint density at radius 3 is 2.33 bits per heavy atom. The summed E-state index contributed by atoms with van der Waals surface area (Å²) in [6.45, 7) is 4.57. The molecule has 18 heavy (non-hydrogen) atoms. The molecule has 0 aromatic heterocycles. The third-order valence-electron chi connectivity index (χ3n) is 2.58. The molecule has 3 N–H and O–H groups in total. The van der Waals surface area contributed by atoms with Gasteiger partial charge in [-0.05, 0) is 38.4 Å². The molecule has 1 aromatic carbocycles. The average molecular weight is 260 g/mol. The van der Waals surface area contributed by atoms with Crippen LogP contribution in [-0.2, 0) is 12.7 Å². The fourth-order valence-electron chi connectivity index (χ4n) is 1.58. The fraction of sp³-hybridized carbons (Fsp3) is 0.538. The molecule has 0 unspecified atom stereocenters. The zero-order valence-electron chi connectivity index (χ0n) is 10.6. The maximum Gasteiger partial charge on any atom is 0.416 e. The molecule has 0 aliphatic heterocycles. The molecule has 5 heteroatoms. The highest BCUT2D eigenvalue weighted by Gasteiger charge is 2.32. The molecule has 0 aliphatic carbocycles. The van der Waals surface area contributed by atoms with E-state index in [1.54, 1.807) is 6.07 Å². The van der Waals surface area contributed by atoms with Gasteiger partial charge < -0.3 is 11.1 Å². The van der Waals surface area contributed by atoms with E-state index >= 15 is 0 Å². The van der Waals surface area contributed by atoms with Gasteiger partial charge >= 0.3 is 6.18 Å². The monoisotopic (exact) mass is 260 g/mol. The van der Waals surface area contributed by atoms with Crippen LogP contribution in [0.25, 0.3) is 0 Å². The van der Waals surface area contributed by atoms with Gasteiger partial charge in [0.1, 0.15) is 0 Å². The van der Waals surface area contributed by atoms with Gasteiger partial charge in [-0.1, -0.05) is 18.2 Å². The van der Waals surface area contributed by atoms with Gasteiger partial charge in [-0.25, -0.2) is 0 Å². The summed E-state index contributed by atoms with van der Waals surface area (Å²) in [5.41, 5.74) is 5.17. The van der Waals surface area contributed by atoms with Crippen LogP contribution in [0.5, 0.6) is 0 Å². The number of nitrogens with one attached hydrogen (secondary N) is 1. The Hall–Kier alpha value is -1.07. The van der Waals surface area contributed by atoms with Crippen LogP contribution in [0.4, 0.5) is 13.2 Å². The molecule has 0 amide bonds. The predicted octanol–water partition coefficient (Wildman–Crippen LogP) is 2.92. The zero-order valence-corrected chi connectivity index (χ0v) is 10.6. The molecule has 0 saturated heterocycles. The average Bonchev–Trinajstić information content (AvgIpc) is 2.22. The number of nitrogens with two attached hydrogens (primary N) is 1. The molecule has 0 bridgehead atoms. The van der Waals surface area contributed by atoms with Gasteiger partial charge in [0.25, 0.3) is 0 Å². The fourth-order valence-corrected chi connectivity index (χ4v) is 1.58. The van der Waals surface area contributed by atoms with Crippen LogP contribution in [0.15, 0.2) is 24.3 Å². The highest BCUT2D eigenvalue weighted by Crippen LogP contribution is 2.31. The molecule has 0 spiro atoms. The molecular formula is C13H19F3N2. The molecule has 0 aliphatic rings. The van der Waals surface area contributed by atoms with E-state index in [-0.39, 0.29) is 17.6 Å².